The first kappa shape index (κ1) is 21.1. The maximum absolute atomic E-state index is 13.6. The Labute approximate surface area is 186 Å². The topological polar surface area (TPSA) is 132 Å². The van der Waals surface area contributed by atoms with Gasteiger partial charge in [0, 0.05) is 18.2 Å². The summed E-state index contributed by atoms with van der Waals surface area (Å²) in [5, 5.41) is 26.8. The number of hydrogen-bond donors (Lipinski definition) is 0. The predicted octanol–water partition coefficient (Wildman–Crippen LogP) is 4.99. The number of carbonyl (C=O) groups is 1. The van der Waals surface area contributed by atoms with Crippen LogP contribution in [0.1, 0.15) is 15.2 Å². The Balaban J connectivity index is 1.73. The normalized spacial score (nSPS) is 11.2. The molecule has 10 nitrogen and oxygen atoms in total. The second kappa shape index (κ2) is 8.56. The van der Waals surface area contributed by atoms with Crippen LogP contribution in [0.15, 0.2) is 59.7 Å². The van der Waals surface area contributed by atoms with Gasteiger partial charge in [0.1, 0.15) is 10.7 Å². The van der Waals surface area contributed by atoms with E-state index in [-0.39, 0.29) is 20.7 Å². The average Bonchev–Trinajstić information content (AvgIpc) is 3.41. The molecule has 0 aliphatic heterocycles. The Morgan fingerprint density at radius 1 is 1.03 bits per heavy atom. The fourth-order valence-electron chi connectivity index (χ4n) is 2.62. The van der Waals surface area contributed by atoms with E-state index < -0.39 is 21.6 Å². The van der Waals surface area contributed by atoms with E-state index in [9.17, 15) is 29.4 Å². The number of benzene rings is 2. The monoisotopic (exact) mass is 471 g/mol. The molecule has 4 rings (SSSR count). The van der Waals surface area contributed by atoms with Crippen LogP contribution in [0.25, 0.3) is 10.2 Å². The van der Waals surface area contributed by atoms with E-state index in [2.05, 4.69) is 10.1 Å². The Morgan fingerprint density at radius 3 is 2.44 bits per heavy atom. The van der Waals surface area contributed by atoms with Crippen molar-refractivity contribution in [1.82, 2.24) is 4.98 Å². The highest BCUT2D eigenvalue weighted by molar-refractivity contribution is 7.22. The zero-order chi connectivity index (χ0) is 22.8. The molecule has 0 spiro atoms. The zero-order valence-electron chi connectivity index (χ0n) is 15.7. The van der Waals surface area contributed by atoms with Gasteiger partial charge in [0.05, 0.1) is 26.3 Å². The van der Waals surface area contributed by atoms with Crippen molar-refractivity contribution in [3.8, 4) is 0 Å². The van der Waals surface area contributed by atoms with Crippen molar-refractivity contribution in [2.75, 3.05) is 5.01 Å². The number of nitrogens with zero attached hydrogens (tertiary/aromatic N) is 5. The number of nitro groups is 2. The molecule has 4 aromatic rings. The lowest BCUT2D eigenvalue weighted by molar-refractivity contribution is -0.384. The van der Waals surface area contributed by atoms with Crippen LogP contribution in [0.3, 0.4) is 0 Å². The second-order valence-corrected chi connectivity index (χ2v) is 8.28. The van der Waals surface area contributed by atoms with Crippen molar-refractivity contribution in [1.29, 1.82) is 0 Å². The van der Waals surface area contributed by atoms with Crippen molar-refractivity contribution < 1.29 is 19.0 Å². The molecule has 0 saturated heterocycles. The zero-order valence-corrected chi connectivity index (χ0v) is 17.4. The number of thiophene rings is 1. The summed E-state index contributed by atoms with van der Waals surface area (Å²) in [5.41, 5.74) is 0.818. The van der Waals surface area contributed by atoms with E-state index in [4.69, 9.17) is 0 Å². The molecule has 0 radical (unpaired) electrons. The Bertz CT molecular complexity index is 1380. The highest BCUT2D eigenvalue weighted by Gasteiger charge is 2.24. The maximum Gasteiger partial charge on any atom is 0.324 e. The van der Waals surface area contributed by atoms with E-state index in [1.54, 1.807) is 0 Å². The molecule has 0 bridgehead atoms. The number of rotatable bonds is 6. The van der Waals surface area contributed by atoms with Crippen LogP contribution in [0.5, 0.6) is 0 Å². The molecular weight excluding hydrogens is 461 g/mol. The van der Waals surface area contributed by atoms with Crippen LogP contribution in [0, 0.1) is 26.0 Å². The van der Waals surface area contributed by atoms with Crippen molar-refractivity contribution in [3.63, 3.8) is 0 Å². The minimum Gasteiger partial charge on any atom is -0.266 e. The number of amides is 1. The first-order valence-electron chi connectivity index (χ1n) is 8.75. The number of carbonyl (C=O) groups excluding carboxylic acids is 1. The third kappa shape index (κ3) is 4.33. The first-order valence-corrected chi connectivity index (χ1v) is 10.4. The third-order valence-corrected chi connectivity index (χ3v) is 6.14. The van der Waals surface area contributed by atoms with E-state index in [1.807, 2.05) is 0 Å². The molecule has 2 heterocycles. The van der Waals surface area contributed by atoms with E-state index >= 15 is 0 Å². The number of aromatic nitrogens is 1. The fraction of sp³-hybridized carbons (Fsp3) is 0. The van der Waals surface area contributed by atoms with Gasteiger partial charge in [0.2, 0.25) is 5.13 Å². The van der Waals surface area contributed by atoms with Crippen LogP contribution >= 0.6 is 22.7 Å². The highest BCUT2D eigenvalue weighted by atomic mass is 32.1. The Kier molecular flexibility index (Phi) is 5.66. The van der Waals surface area contributed by atoms with Crippen molar-refractivity contribution in [2.45, 2.75) is 0 Å². The maximum atomic E-state index is 13.6. The van der Waals surface area contributed by atoms with Gasteiger partial charge in [0.15, 0.2) is 0 Å². The molecule has 32 heavy (non-hydrogen) atoms. The predicted molar refractivity (Wildman–Crippen MR) is 118 cm³/mol. The smallest absolute Gasteiger partial charge is 0.266 e. The lowest BCUT2D eigenvalue weighted by Crippen LogP contribution is -2.24. The summed E-state index contributed by atoms with van der Waals surface area (Å²) >= 11 is 1.70. The molecule has 1 amide bonds. The molecule has 2 aromatic heterocycles. The lowest BCUT2D eigenvalue weighted by Gasteiger charge is -2.12. The molecule has 0 atom stereocenters. The quantitative estimate of drug-likeness (QED) is 0.221. The molecule has 0 N–H and O–H groups in total. The molecule has 0 aliphatic carbocycles. The van der Waals surface area contributed by atoms with Crippen LogP contribution < -0.4 is 5.01 Å². The summed E-state index contributed by atoms with van der Waals surface area (Å²) in [6.07, 6.45) is 1.30. The highest BCUT2D eigenvalue weighted by Crippen LogP contribution is 2.32. The molecule has 0 unspecified atom stereocenters. The third-order valence-electron chi connectivity index (χ3n) is 4.12. The van der Waals surface area contributed by atoms with Gasteiger partial charge in [-0.2, -0.15) is 10.1 Å². The van der Waals surface area contributed by atoms with Crippen LogP contribution in [-0.4, -0.2) is 27.0 Å². The minimum atomic E-state index is -0.666. The molecule has 0 aliphatic rings. The SMILES string of the molecule is O=C(c1ccc([N+](=O)[O-])s1)N(/N=C/c1ccc([N+](=O)[O-])cc1)c1nc2ccc(F)cc2s1. The van der Waals surface area contributed by atoms with Gasteiger partial charge >= 0.3 is 5.00 Å². The number of anilines is 1. The van der Waals surface area contributed by atoms with Crippen LogP contribution in [0.2, 0.25) is 0 Å². The number of nitro benzene ring substituents is 1. The molecule has 0 fully saturated rings. The number of hydrogen-bond acceptors (Lipinski definition) is 9. The first-order chi connectivity index (χ1) is 15.3. The number of halogens is 1. The summed E-state index contributed by atoms with van der Waals surface area (Å²) in [6.45, 7) is 0. The molecule has 2 aromatic carbocycles. The standard InChI is InChI=1S/C19H10FN5O5S2/c20-12-3-6-14-16(9-12)32-19(22-14)23(18(26)15-7-8-17(31-15)25(29)30)21-10-11-1-4-13(5-2-11)24(27)28/h1-10H/b21-10+. The van der Waals surface area contributed by atoms with E-state index in [0.29, 0.717) is 27.1 Å². The lowest BCUT2D eigenvalue weighted by atomic mass is 10.2. The fourth-order valence-corrected chi connectivity index (χ4v) is 4.31. The van der Waals surface area contributed by atoms with Crippen LogP contribution in [-0.2, 0) is 0 Å². The molecule has 160 valence electrons. The van der Waals surface area contributed by atoms with Crippen LogP contribution in [0.4, 0.5) is 20.2 Å². The van der Waals surface area contributed by atoms with E-state index in [0.717, 1.165) is 16.3 Å². The molecular formula is C19H10FN5O5S2. The summed E-state index contributed by atoms with van der Waals surface area (Å²) in [6, 6.07) is 12.0. The summed E-state index contributed by atoms with van der Waals surface area (Å²) in [5.74, 6) is -1.13. The van der Waals surface area contributed by atoms with Gasteiger partial charge in [-0.3, -0.25) is 25.0 Å². The van der Waals surface area contributed by atoms with Gasteiger partial charge in [-0.05, 0) is 42.0 Å². The van der Waals surface area contributed by atoms with Gasteiger partial charge in [-0.25, -0.2) is 9.37 Å². The van der Waals surface area contributed by atoms with Crippen molar-refractivity contribution in [3.05, 3.63) is 91.1 Å². The molecule has 13 heteroatoms. The minimum absolute atomic E-state index is 0.0583. The van der Waals surface area contributed by atoms with Gasteiger partial charge in [-0.1, -0.05) is 22.7 Å². The number of fused-ring (bicyclic) bond motifs is 1. The van der Waals surface area contributed by atoms with Gasteiger partial charge < -0.3 is 0 Å². The van der Waals surface area contributed by atoms with Crippen molar-refractivity contribution >= 4 is 60.8 Å². The second-order valence-electron chi connectivity index (χ2n) is 6.21. The Hall–Kier alpha value is -4.10. The summed E-state index contributed by atoms with van der Waals surface area (Å²) in [4.78, 5) is 38.1. The van der Waals surface area contributed by atoms with Gasteiger partial charge in [0.25, 0.3) is 11.6 Å². The van der Waals surface area contributed by atoms with E-state index in [1.165, 1.54) is 60.8 Å². The number of thiazole rings is 1. The van der Waals surface area contributed by atoms with Crippen molar-refractivity contribution in [2.24, 2.45) is 5.10 Å². The summed E-state index contributed by atoms with van der Waals surface area (Å²) < 4.78 is 14.1. The molecule has 0 saturated carbocycles. The number of non-ortho nitro benzene ring substituents is 1. The van der Waals surface area contributed by atoms with Gasteiger partial charge in [-0.15, -0.1) is 0 Å². The largest absolute Gasteiger partial charge is 0.324 e. The summed E-state index contributed by atoms with van der Waals surface area (Å²) in [7, 11) is 0. The number of hydrazone groups is 1. The average molecular weight is 471 g/mol. The Morgan fingerprint density at radius 2 is 1.78 bits per heavy atom.